The van der Waals surface area contributed by atoms with Crippen molar-refractivity contribution < 1.29 is 33.0 Å². The predicted molar refractivity (Wildman–Crippen MR) is 237 cm³/mol. The van der Waals surface area contributed by atoms with Crippen LogP contribution in [0.1, 0.15) is 51.7 Å². The number of ether oxygens (including phenoxy) is 5. The van der Waals surface area contributed by atoms with Crippen molar-refractivity contribution in [3.8, 4) is 11.5 Å². The minimum atomic E-state index is -1.23. The Labute approximate surface area is 359 Å². The number of nitrogen functional groups attached to an aromatic ring is 1. The van der Waals surface area contributed by atoms with Crippen molar-refractivity contribution in [1.82, 2.24) is 14.2 Å². The summed E-state index contributed by atoms with van der Waals surface area (Å²) in [5.74, 6) is 2.91. The summed E-state index contributed by atoms with van der Waals surface area (Å²) < 4.78 is 43.5. The highest BCUT2D eigenvalue weighted by Gasteiger charge is 2.65. The van der Waals surface area contributed by atoms with Gasteiger partial charge in [0.1, 0.15) is 40.7 Å². The fraction of sp³-hybridized carbons (Fsp3) is 0.356. The van der Waals surface area contributed by atoms with E-state index in [1.165, 1.54) is 16.3 Å². The molecule has 2 N–H and O–H groups in total. The fourth-order valence-electron chi connectivity index (χ4n) is 7.99. The van der Waals surface area contributed by atoms with Gasteiger partial charge in [0.15, 0.2) is 13.7 Å². The number of aryl methyl sites for hydroxylation is 1. The van der Waals surface area contributed by atoms with Crippen molar-refractivity contribution in [1.29, 1.82) is 0 Å². The average molecular weight is 869 g/mol. The minimum Gasteiger partial charge on any atom is -0.497 e. The maximum atomic E-state index is 13.5. The van der Waals surface area contributed by atoms with Crippen LogP contribution in [-0.2, 0) is 24.3 Å². The number of carbonyl (C=O) groups is 1. The van der Waals surface area contributed by atoms with Gasteiger partial charge in [0.2, 0.25) is 5.12 Å². The number of thioether (sulfide) groups is 1. The lowest BCUT2D eigenvalue weighted by atomic mass is 9.79. The Bertz CT molecular complexity index is 2240. The molecule has 0 aliphatic carbocycles. The van der Waals surface area contributed by atoms with E-state index in [9.17, 15) is 9.59 Å². The van der Waals surface area contributed by atoms with Gasteiger partial charge in [0, 0.05) is 41.9 Å². The Morgan fingerprint density at radius 3 is 2.10 bits per heavy atom. The van der Waals surface area contributed by atoms with Gasteiger partial charge < -0.3 is 33.9 Å². The molecule has 2 bridgehead atoms. The summed E-state index contributed by atoms with van der Waals surface area (Å²) in [7, 11) is 2.05. The summed E-state index contributed by atoms with van der Waals surface area (Å²) in [6.07, 6.45) is 1.65. The van der Waals surface area contributed by atoms with Crippen molar-refractivity contribution in [2.75, 3.05) is 57.8 Å². The third-order valence-electron chi connectivity index (χ3n) is 11.2. The van der Waals surface area contributed by atoms with E-state index in [1.807, 2.05) is 97.1 Å². The smallest absolute Gasteiger partial charge is 0.351 e. The zero-order valence-electron chi connectivity index (χ0n) is 33.8. The van der Waals surface area contributed by atoms with E-state index in [0.29, 0.717) is 34.1 Å². The van der Waals surface area contributed by atoms with Gasteiger partial charge in [-0.05, 0) is 60.7 Å². The van der Waals surface area contributed by atoms with E-state index in [4.69, 9.17) is 33.9 Å². The molecule has 314 valence electrons. The van der Waals surface area contributed by atoms with Crippen molar-refractivity contribution in [2.45, 2.75) is 49.4 Å². The molecule has 12 nitrogen and oxygen atoms in total. The molecule has 5 aromatic rings. The van der Waals surface area contributed by atoms with Gasteiger partial charge in [-0.1, -0.05) is 108 Å². The first-order chi connectivity index (χ1) is 29.2. The maximum absolute atomic E-state index is 13.5. The lowest BCUT2D eigenvalue weighted by Gasteiger charge is -2.40. The summed E-state index contributed by atoms with van der Waals surface area (Å²) in [4.78, 5) is 30.6. The second-order valence-corrected chi connectivity index (χ2v) is 19.6. The lowest BCUT2D eigenvalue weighted by molar-refractivity contribution is -0.203. The molecule has 0 amide bonds. The number of hydrogen-bond donors (Lipinski definition) is 1. The van der Waals surface area contributed by atoms with Gasteiger partial charge in [0.25, 0.3) is 0 Å². The summed E-state index contributed by atoms with van der Waals surface area (Å²) in [6.45, 7) is 3.80. The van der Waals surface area contributed by atoms with E-state index in [0.717, 1.165) is 42.6 Å². The van der Waals surface area contributed by atoms with Crippen LogP contribution in [-0.4, -0.2) is 89.2 Å². The molecule has 8 rings (SSSR count). The highest BCUT2D eigenvalue weighted by Crippen LogP contribution is 2.61. The summed E-state index contributed by atoms with van der Waals surface area (Å²) in [5.41, 5.74) is 7.19. The Morgan fingerprint density at radius 1 is 0.883 bits per heavy atom. The molecule has 3 saturated heterocycles. The van der Waals surface area contributed by atoms with E-state index >= 15 is 0 Å². The summed E-state index contributed by atoms with van der Waals surface area (Å²) in [5, 5.41) is 0.0469. The number of hydrogen-bond acceptors (Lipinski definition) is 13. The number of methoxy groups -OCH3 is 2. The van der Waals surface area contributed by atoms with Crippen LogP contribution in [0.4, 0.5) is 5.82 Å². The molecule has 1 aromatic heterocycles. The monoisotopic (exact) mass is 868 g/mol. The molecule has 4 aromatic carbocycles. The molecular weight excluding hydrogens is 820 g/mol. The Kier molecular flexibility index (Phi) is 13.3. The molecule has 3 fully saturated rings. The molecule has 3 aliphatic rings. The third-order valence-corrected chi connectivity index (χ3v) is 16.4. The number of carbonyl (C=O) groups excluding carboxylic acids is 1. The molecular formula is C45H49N4O8PS2. The van der Waals surface area contributed by atoms with Crippen molar-refractivity contribution in [3.63, 3.8) is 0 Å². The highest BCUT2D eigenvalue weighted by atomic mass is 32.7. The Morgan fingerprint density at radius 2 is 1.48 bits per heavy atom. The van der Waals surface area contributed by atoms with Gasteiger partial charge in [-0.25, -0.2) is 4.79 Å². The number of benzene rings is 4. The van der Waals surface area contributed by atoms with Gasteiger partial charge in [0.05, 0.1) is 27.4 Å². The Balaban J connectivity index is 1.16. The van der Waals surface area contributed by atoms with E-state index < -0.39 is 42.8 Å². The van der Waals surface area contributed by atoms with Crippen LogP contribution < -0.4 is 20.9 Å². The van der Waals surface area contributed by atoms with Crippen LogP contribution in [0.2, 0.25) is 0 Å². The first-order valence-corrected chi connectivity index (χ1v) is 23.7. The van der Waals surface area contributed by atoms with Crippen molar-refractivity contribution in [2.24, 2.45) is 0 Å². The molecule has 4 heterocycles. The quantitative estimate of drug-likeness (QED) is 0.0553. The van der Waals surface area contributed by atoms with Crippen LogP contribution in [0.3, 0.4) is 0 Å². The zero-order chi connectivity index (χ0) is 41.7. The second-order valence-electron chi connectivity index (χ2n) is 14.9. The van der Waals surface area contributed by atoms with Gasteiger partial charge in [-0.3, -0.25) is 14.0 Å². The van der Waals surface area contributed by atoms with Gasteiger partial charge >= 0.3 is 5.69 Å². The first kappa shape index (κ1) is 42.5. The van der Waals surface area contributed by atoms with Crippen LogP contribution in [0.5, 0.6) is 11.5 Å². The summed E-state index contributed by atoms with van der Waals surface area (Å²) >= 11 is 3.04. The van der Waals surface area contributed by atoms with Crippen molar-refractivity contribution >= 4 is 41.6 Å². The highest BCUT2D eigenvalue weighted by molar-refractivity contribution is 8.53. The third kappa shape index (κ3) is 8.62. The van der Waals surface area contributed by atoms with E-state index in [2.05, 4.69) is 21.8 Å². The zero-order valence-corrected chi connectivity index (χ0v) is 36.3. The molecule has 60 heavy (non-hydrogen) atoms. The number of nitrogens with zero attached hydrogens (tertiary/aromatic N) is 3. The SMILES string of the molecule is COc1ccc(C(OC[C@]23CO[C@@H](C2OP(SCCSC(=O)c2ccccc2)N2CCCC2)[C@H](n2cc(C)c(N)nc2=O)O3)(c2ccccc2)c2ccc(OC)cc2)cc1. The van der Waals surface area contributed by atoms with Crippen LogP contribution in [0.15, 0.2) is 120 Å². The second kappa shape index (κ2) is 18.8. The number of fused-ring (bicyclic) bond motifs is 2. The molecule has 0 saturated carbocycles. The number of anilines is 1. The Hall–Kier alpha value is -4.24. The largest absolute Gasteiger partial charge is 0.497 e. The minimum absolute atomic E-state index is 0.0308. The number of aromatic nitrogens is 2. The van der Waals surface area contributed by atoms with Crippen molar-refractivity contribution in [3.05, 3.63) is 154 Å². The summed E-state index contributed by atoms with van der Waals surface area (Å²) in [6, 6.07) is 35.2. The molecule has 15 heteroatoms. The van der Waals surface area contributed by atoms with Crippen LogP contribution >= 0.6 is 30.6 Å². The average Bonchev–Trinajstić information content (AvgIpc) is 4.02. The normalized spacial score (nSPS) is 21.9. The topological polar surface area (TPSA) is 137 Å². The molecule has 0 spiro atoms. The fourth-order valence-corrected chi connectivity index (χ4v) is 13.3. The molecule has 5 atom stereocenters. The van der Waals surface area contributed by atoms with E-state index in [1.54, 1.807) is 38.7 Å². The number of nitrogens with two attached hydrogens (primary N) is 1. The molecule has 2 unspecified atom stereocenters. The van der Waals surface area contributed by atoms with Crippen LogP contribution in [0, 0.1) is 6.92 Å². The number of rotatable bonds is 17. The first-order valence-electron chi connectivity index (χ1n) is 19.9. The van der Waals surface area contributed by atoms with E-state index in [-0.39, 0.29) is 24.1 Å². The predicted octanol–water partition coefficient (Wildman–Crippen LogP) is 7.84. The lowest BCUT2D eigenvalue weighted by Crippen LogP contribution is -2.49. The van der Waals surface area contributed by atoms with Crippen LogP contribution in [0.25, 0.3) is 0 Å². The standard InChI is InChI=1S/C45H49N4O8PS2/c1-31-28-49(43(51)47-40(31)46)41-38-39(57-58(48-24-10-11-25-48)60-27-26-59-42(50)32-12-6-4-7-13-32)44(56-41,29-54-38)30-55-45(33-14-8-5-9-15-33,34-16-20-36(52-2)21-17-34)35-18-22-37(53-3)23-19-35/h4-9,12-23,28,38-39,41H,10-11,24-27,29-30H2,1-3H3,(H2,46,47,51)/t38-,39?,41+,44+,58?/m0/s1. The van der Waals surface area contributed by atoms with Gasteiger partial charge in [-0.15, -0.1) is 0 Å². The van der Waals surface area contributed by atoms with Gasteiger partial charge in [-0.2, -0.15) is 4.98 Å². The molecule has 3 aliphatic heterocycles. The molecule has 0 radical (unpaired) electrons. The maximum Gasteiger partial charge on any atom is 0.351 e.